The van der Waals surface area contributed by atoms with Crippen molar-refractivity contribution in [3.8, 4) is 5.75 Å². The lowest BCUT2D eigenvalue weighted by Gasteiger charge is -2.11. The number of hydrogen-bond donors (Lipinski definition) is 0. The molecule has 18 heavy (non-hydrogen) atoms. The van der Waals surface area contributed by atoms with Crippen LogP contribution in [0.15, 0.2) is 29.1 Å². The van der Waals surface area contributed by atoms with Crippen LogP contribution in [0.3, 0.4) is 0 Å². The van der Waals surface area contributed by atoms with E-state index in [2.05, 4.69) is 22.6 Å². The SMILES string of the molecule is CCn1c(=O)c2c(c3ccccc31)OC(CI)C2. The van der Waals surface area contributed by atoms with Gasteiger partial charge in [-0.2, -0.15) is 0 Å². The van der Waals surface area contributed by atoms with Gasteiger partial charge in [0.1, 0.15) is 11.9 Å². The molecular formula is C14H14INO2. The van der Waals surface area contributed by atoms with E-state index in [4.69, 9.17) is 4.74 Å². The van der Waals surface area contributed by atoms with E-state index in [-0.39, 0.29) is 11.7 Å². The first-order valence-electron chi connectivity index (χ1n) is 6.13. The van der Waals surface area contributed by atoms with E-state index in [0.717, 1.165) is 33.1 Å². The van der Waals surface area contributed by atoms with Gasteiger partial charge in [0, 0.05) is 22.8 Å². The third kappa shape index (κ3) is 1.66. The number of ether oxygens (including phenoxy) is 1. The Balaban J connectivity index is 2.37. The lowest BCUT2D eigenvalue weighted by Crippen LogP contribution is -2.23. The second kappa shape index (κ2) is 4.57. The lowest BCUT2D eigenvalue weighted by atomic mass is 10.1. The van der Waals surface area contributed by atoms with Gasteiger partial charge in [-0.05, 0) is 19.1 Å². The zero-order valence-corrected chi connectivity index (χ0v) is 12.3. The molecule has 0 bridgehead atoms. The Kier molecular flexibility index (Phi) is 3.05. The fraction of sp³-hybridized carbons (Fsp3) is 0.357. The highest BCUT2D eigenvalue weighted by Crippen LogP contribution is 2.34. The first-order valence-corrected chi connectivity index (χ1v) is 7.65. The summed E-state index contributed by atoms with van der Waals surface area (Å²) in [5.74, 6) is 0.807. The van der Waals surface area contributed by atoms with E-state index in [1.165, 1.54) is 0 Å². The van der Waals surface area contributed by atoms with Gasteiger partial charge < -0.3 is 9.30 Å². The van der Waals surface area contributed by atoms with Crippen molar-refractivity contribution in [3.05, 3.63) is 40.2 Å². The Morgan fingerprint density at radius 3 is 2.94 bits per heavy atom. The van der Waals surface area contributed by atoms with Crippen LogP contribution < -0.4 is 10.3 Å². The van der Waals surface area contributed by atoms with Crippen molar-refractivity contribution < 1.29 is 4.74 Å². The van der Waals surface area contributed by atoms with Crippen LogP contribution >= 0.6 is 22.6 Å². The lowest BCUT2D eigenvalue weighted by molar-refractivity contribution is 0.265. The molecule has 1 aromatic carbocycles. The smallest absolute Gasteiger partial charge is 0.258 e. The van der Waals surface area contributed by atoms with Gasteiger partial charge in [-0.25, -0.2) is 0 Å². The molecule has 1 aliphatic rings. The number of benzene rings is 1. The van der Waals surface area contributed by atoms with Crippen LogP contribution in [0.2, 0.25) is 0 Å². The van der Waals surface area contributed by atoms with Crippen LogP contribution in [0.25, 0.3) is 10.9 Å². The minimum Gasteiger partial charge on any atom is -0.488 e. The van der Waals surface area contributed by atoms with Crippen molar-refractivity contribution in [2.24, 2.45) is 0 Å². The van der Waals surface area contributed by atoms with Gasteiger partial charge in [0.25, 0.3) is 5.56 Å². The minimum absolute atomic E-state index is 0.110. The molecule has 0 N–H and O–H groups in total. The fourth-order valence-electron chi connectivity index (χ4n) is 2.58. The second-order valence-electron chi connectivity index (χ2n) is 4.47. The molecule has 3 rings (SSSR count). The molecule has 94 valence electrons. The molecule has 1 unspecified atom stereocenters. The number of nitrogens with zero attached hydrogens (tertiary/aromatic N) is 1. The average molecular weight is 355 g/mol. The Labute approximate surface area is 119 Å². The highest BCUT2D eigenvalue weighted by atomic mass is 127. The summed E-state index contributed by atoms with van der Waals surface area (Å²) in [6.07, 6.45) is 0.881. The molecule has 0 spiro atoms. The summed E-state index contributed by atoms with van der Waals surface area (Å²) in [4.78, 5) is 12.4. The second-order valence-corrected chi connectivity index (χ2v) is 5.35. The maximum atomic E-state index is 12.4. The van der Waals surface area contributed by atoms with Crippen LogP contribution in [0.1, 0.15) is 12.5 Å². The Morgan fingerprint density at radius 2 is 2.22 bits per heavy atom. The van der Waals surface area contributed by atoms with Gasteiger partial charge in [-0.15, -0.1) is 0 Å². The molecule has 0 radical (unpaired) electrons. The summed E-state index contributed by atoms with van der Waals surface area (Å²) in [6.45, 7) is 2.70. The number of alkyl halides is 1. The molecule has 0 saturated carbocycles. The van der Waals surface area contributed by atoms with Crippen LogP contribution in [-0.2, 0) is 13.0 Å². The third-order valence-corrected chi connectivity index (χ3v) is 4.40. The number of rotatable bonds is 2. The molecule has 0 fully saturated rings. The van der Waals surface area contributed by atoms with Crippen molar-refractivity contribution in [3.63, 3.8) is 0 Å². The number of pyridine rings is 1. The molecule has 3 nitrogen and oxygen atoms in total. The summed E-state index contributed by atoms with van der Waals surface area (Å²) in [6, 6.07) is 7.98. The molecule has 2 heterocycles. The average Bonchev–Trinajstić information content (AvgIpc) is 2.84. The van der Waals surface area contributed by atoms with Crippen LogP contribution in [-0.4, -0.2) is 15.1 Å². The third-order valence-electron chi connectivity index (χ3n) is 3.42. The summed E-state index contributed by atoms with van der Waals surface area (Å²) in [5.41, 5.74) is 1.92. The first-order chi connectivity index (χ1) is 8.76. The minimum atomic E-state index is 0.110. The van der Waals surface area contributed by atoms with Gasteiger partial charge in [-0.3, -0.25) is 4.79 Å². The molecule has 1 atom stereocenters. The molecule has 4 heteroatoms. The standard InChI is InChI=1S/C14H14INO2/c1-2-16-12-6-4-3-5-10(12)13-11(14(16)17)7-9(8-15)18-13/h3-6,9H,2,7-8H2,1H3. The predicted molar refractivity (Wildman–Crippen MR) is 80.9 cm³/mol. The molecule has 1 aliphatic heterocycles. The molecule has 0 saturated heterocycles. The van der Waals surface area contributed by atoms with Crippen molar-refractivity contribution in [1.82, 2.24) is 4.57 Å². The fourth-order valence-corrected chi connectivity index (χ4v) is 3.07. The van der Waals surface area contributed by atoms with Crippen molar-refractivity contribution in [2.45, 2.75) is 26.0 Å². The normalized spacial score (nSPS) is 17.8. The maximum absolute atomic E-state index is 12.4. The molecule has 2 aromatic rings. The molecule has 1 aromatic heterocycles. The monoisotopic (exact) mass is 355 g/mol. The van der Waals surface area contributed by atoms with E-state index >= 15 is 0 Å². The van der Waals surface area contributed by atoms with Gasteiger partial charge >= 0.3 is 0 Å². The summed E-state index contributed by atoms with van der Waals surface area (Å²) < 4.78 is 8.68. The maximum Gasteiger partial charge on any atom is 0.258 e. The number of hydrogen-bond acceptors (Lipinski definition) is 2. The Morgan fingerprint density at radius 1 is 1.44 bits per heavy atom. The summed E-state index contributed by atoms with van der Waals surface area (Å²) in [5, 5.41) is 1.06. The number of para-hydroxylation sites is 1. The van der Waals surface area contributed by atoms with Gasteiger partial charge in [-0.1, -0.05) is 34.7 Å². The van der Waals surface area contributed by atoms with E-state index in [1.54, 1.807) is 0 Å². The molecular weight excluding hydrogens is 341 g/mol. The molecule has 0 aliphatic carbocycles. The number of halogens is 1. The van der Waals surface area contributed by atoms with Crippen LogP contribution in [0.4, 0.5) is 0 Å². The van der Waals surface area contributed by atoms with E-state index in [1.807, 2.05) is 35.8 Å². The number of aryl methyl sites for hydroxylation is 1. The van der Waals surface area contributed by atoms with Crippen molar-refractivity contribution in [2.75, 3.05) is 4.43 Å². The highest BCUT2D eigenvalue weighted by Gasteiger charge is 2.28. The zero-order valence-electron chi connectivity index (χ0n) is 10.1. The van der Waals surface area contributed by atoms with E-state index < -0.39 is 0 Å². The van der Waals surface area contributed by atoms with Gasteiger partial charge in [0.05, 0.1) is 11.1 Å². The van der Waals surface area contributed by atoms with E-state index in [0.29, 0.717) is 6.54 Å². The quantitative estimate of drug-likeness (QED) is 0.613. The largest absolute Gasteiger partial charge is 0.488 e. The summed E-state index contributed by atoms with van der Waals surface area (Å²) in [7, 11) is 0. The molecule has 0 amide bonds. The Hall–Kier alpha value is -1.04. The van der Waals surface area contributed by atoms with Crippen molar-refractivity contribution >= 4 is 33.5 Å². The van der Waals surface area contributed by atoms with Gasteiger partial charge in [0.2, 0.25) is 0 Å². The van der Waals surface area contributed by atoms with Crippen LogP contribution in [0, 0.1) is 0 Å². The van der Waals surface area contributed by atoms with E-state index in [9.17, 15) is 4.79 Å². The Bertz CT molecular complexity index is 663. The number of fused-ring (bicyclic) bond motifs is 3. The topological polar surface area (TPSA) is 31.2 Å². The van der Waals surface area contributed by atoms with Crippen molar-refractivity contribution in [1.29, 1.82) is 0 Å². The zero-order chi connectivity index (χ0) is 12.7. The summed E-state index contributed by atoms with van der Waals surface area (Å²) >= 11 is 2.31. The first kappa shape index (κ1) is 12.0. The predicted octanol–water partition coefficient (Wildman–Crippen LogP) is 2.76. The van der Waals surface area contributed by atoms with Gasteiger partial charge in [0.15, 0.2) is 0 Å². The number of aromatic nitrogens is 1. The van der Waals surface area contributed by atoms with Crippen LogP contribution in [0.5, 0.6) is 5.75 Å². The highest BCUT2D eigenvalue weighted by molar-refractivity contribution is 14.1.